The molecule has 7 nitrogen and oxygen atoms in total. The van der Waals surface area contributed by atoms with Crippen molar-refractivity contribution in [2.75, 3.05) is 0 Å². The largest absolute Gasteiger partial charge is 0.471 e. The fourth-order valence-electron chi connectivity index (χ4n) is 2.67. The van der Waals surface area contributed by atoms with Gasteiger partial charge in [0.1, 0.15) is 11.4 Å². The summed E-state index contributed by atoms with van der Waals surface area (Å²) in [6.45, 7) is 6.38. The van der Waals surface area contributed by atoms with Crippen molar-refractivity contribution in [3.8, 4) is 5.75 Å². The Morgan fingerprint density at radius 2 is 1.89 bits per heavy atom. The van der Waals surface area contributed by atoms with Gasteiger partial charge in [0, 0.05) is 24.0 Å². The summed E-state index contributed by atoms with van der Waals surface area (Å²) in [5.41, 5.74) is 4.08. The molecule has 1 N–H and O–H groups in total. The molecule has 1 aromatic carbocycles. The van der Waals surface area contributed by atoms with E-state index in [9.17, 15) is 4.79 Å². The molecule has 0 unspecified atom stereocenters. The molecule has 0 aliphatic rings. The van der Waals surface area contributed by atoms with Gasteiger partial charge in [-0.1, -0.05) is 11.6 Å². The molecule has 0 bridgehead atoms. The Morgan fingerprint density at radius 3 is 2.52 bits per heavy atom. The normalized spacial score (nSPS) is 10.9. The minimum absolute atomic E-state index is 0.202. The van der Waals surface area contributed by atoms with Gasteiger partial charge in [-0.3, -0.25) is 9.48 Å². The predicted molar refractivity (Wildman–Crippen MR) is 103 cm³/mol. The summed E-state index contributed by atoms with van der Waals surface area (Å²) in [6.07, 6.45) is 1.70. The Balaban J connectivity index is 1.57. The van der Waals surface area contributed by atoms with Crippen LogP contribution in [-0.2, 0) is 20.3 Å². The molecule has 3 rings (SSSR count). The molecule has 0 fully saturated rings. The molecule has 0 aliphatic carbocycles. The lowest BCUT2D eigenvalue weighted by Gasteiger charge is -2.10. The first-order chi connectivity index (χ1) is 12.8. The summed E-state index contributed by atoms with van der Waals surface area (Å²) in [4.78, 5) is 12.2. The third-order valence-corrected chi connectivity index (χ3v) is 4.84. The van der Waals surface area contributed by atoms with E-state index in [0.717, 1.165) is 27.5 Å². The van der Waals surface area contributed by atoms with Crippen LogP contribution in [0.2, 0.25) is 5.02 Å². The highest BCUT2D eigenvalue weighted by molar-refractivity contribution is 6.32. The number of halogens is 1. The predicted octanol–water partition coefficient (Wildman–Crippen LogP) is 3.16. The van der Waals surface area contributed by atoms with Gasteiger partial charge in [0.05, 0.1) is 12.2 Å². The Kier molecular flexibility index (Phi) is 5.51. The second kappa shape index (κ2) is 7.84. The number of carbonyl (C=O) groups excluding carboxylic acids is 1. The maximum atomic E-state index is 12.2. The maximum Gasteiger partial charge on any atom is 0.272 e. The number of ether oxygens (including phenoxy) is 1. The number of aromatic nitrogens is 4. The molecule has 3 aromatic rings. The van der Waals surface area contributed by atoms with Gasteiger partial charge >= 0.3 is 0 Å². The molecule has 0 saturated carbocycles. The van der Waals surface area contributed by atoms with Gasteiger partial charge < -0.3 is 10.1 Å². The van der Waals surface area contributed by atoms with Crippen LogP contribution in [0.15, 0.2) is 30.5 Å². The highest BCUT2D eigenvalue weighted by Gasteiger charge is 2.11. The molecule has 0 saturated heterocycles. The van der Waals surface area contributed by atoms with Crippen molar-refractivity contribution in [3.63, 3.8) is 0 Å². The van der Waals surface area contributed by atoms with E-state index in [4.69, 9.17) is 16.3 Å². The molecule has 0 atom stereocenters. The quantitative estimate of drug-likeness (QED) is 0.705. The molecule has 0 spiro atoms. The van der Waals surface area contributed by atoms with Crippen molar-refractivity contribution < 1.29 is 9.53 Å². The van der Waals surface area contributed by atoms with Crippen molar-refractivity contribution in [3.05, 3.63) is 63.7 Å². The summed E-state index contributed by atoms with van der Waals surface area (Å²) < 4.78 is 9.08. The first kappa shape index (κ1) is 19.0. The van der Waals surface area contributed by atoms with Gasteiger partial charge in [-0.25, -0.2) is 4.68 Å². The summed E-state index contributed by atoms with van der Waals surface area (Å²) in [6, 6.07) is 7.34. The molecule has 8 heteroatoms. The average Bonchev–Trinajstić information content (AvgIpc) is 3.22. The molecule has 0 radical (unpaired) electrons. The van der Waals surface area contributed by atoms with E-state index in [1.165, 1.54) is 0 Å². The summed E-state index contributed by atoms with van der Waals surface area (Å²) in [7, 11) is 1.87. The SMILES string of the molecule is Cc1cc(OCn2ccc(C(=O)NCc3cc(C)n(C)n3)n2)cc(C)c1Cl. The van der Waals surface area contributed by atoms with Gasteiger partial charge in [-0.15, -0.1) is 0 Å². The second-order valence-corrected chi connectivity index (χ2v) is 6.85. The fraction of sp³-hybridized carbons (Fsp3) is 0.316. The highest BCUT2D eigenvalue weighted by atomic mass is 35.5. The summed E-state index contributed by atoms with van der Waals surface area (Å²) in [5.74, 6) is 0.455. The average molecular weight is 388 g/mol. The standard InChI is InChI=1S/C19H22ClN5O2/c1-12-7-16(8-13(2)18(12)20)27-11-25-6-5-17(23-25)19(26)21-10-15-9-14(3)24(4)22-15/h5-9H,10-11H2,1-4H3,(H,21,26). The van der Waals surface area contributed by atoms with Crippen molar-refractivity contribution in [2.45, 2.75) is 34.0 Å². The zero-order valence-corrected chi connectivity index (χ0v) is 16.5. The molecule has 0 aliphatic heterocycles. The first-order valence-electron chi connectivity index (χ1n) is 8.54. The maximum absolute atomic E-state index is 12.2. The van der Waals surface area contributed by atoms with Gasteiger partial charge in [-0.05, 0) is 56.2 Å². The number of rotatable bonds is 6. The topological polar surface area (TPSA) is 74.0 Å². The molecular formula is C19H22ClN5O2. The zero-order valence-electron chi connectivity index (χ0n) is 15.8. The Labute approximate surface area is 162 Å². The number of benzene rings is 1. The number of hydrogen-bond donors (Lipinski definition) is 1. The van der Waals surface area contributed by atoms with Crippen molar-refractivity contribution in [1.82, 2.24) is 24.9 Å². The molecule has 2 aromatic heterocycles. The van der Waals surface area contributed by atoms with Crippen LogP contribution >= 0.6 is 11.6 Å². The minimum Gasteiger partial charge on any atom is -0.471 e. The first-order valence-corrected chi connectivity index (χ1v) is 8.92. The number of aryl methyl sites for hydroxylation is 4. The van der Waals surface area contributed by atoms with Crippen LogP contribution in [0.4, 0.5) is 0 Å². The molecule has 1 amide bonds. The van der Waals surface area contributed by atoms with E-state index in [0.29, 0.717) is 18.0 Å². The minimum atomic E-state index is -0.254. The van der Waals surface area contributed by atoms with Crippen LogP contribution in [0.5, 0.6) is 5.75 Å². The van der Waals surface area contributed by atoms with Crippen LogP contribution in [-0.4, -0.2) is 25.5 Å². The van der Waals surface area contributed by atoms with Gasteiger partial charge in [0.25, 0.3) is 5.91 Å². The van der Waals surface area contributed by atoms with E-state index < -0.39 is 0 Å². The lowest BCUT2D eigenvalue weighted by atomic mass is 10.1. The van der Waals surface area contributed by atoms with Crippen molar-refractivity contribution >= 4 is 17.5 Å². The lowest BCUT2D eigenvalue weighted by molar-refractivity contribution is 0.0943. The Bertz CT molecular complexity index is 934. The summed E-state index contributed by atoms with van der Waals surface area (Å²) in [5, 5.41) is 12.1. The molecule has 2 heterocycles. The van der Waals surface area contributed by atoms with E-state index in [2.05, 4.69) is 15.5 Å². The van der Waals surface area contributed by atoms with E-state index >= 15 is 0 Å². The zero-order chi connectivity index (χ0) is 19.6. The van der Waals surface area contributed by atoms with Crippen LogP contribution in [0.3, 0.4) is 0 Å². The monoisotopic (exact) mass is 387 g/mol. The Hall–Kier alpha value is -2.80. The molecule has 142 valence electrons. The van der Waals surface area contributed by atoms with Crippen LogP contribution in [0.25, 0.3) is 0 Å². The van der Waals surface area contributed by atoms with Gasteiger partial charge in [-0.2, -0.15) is 10.2 Å². The molecular weight excluding hydrogens is 366 g/mol. The number of nitrogens with one attached hydrogen (secondary N) is 1. The number of nitrogens with zero attached hydrogens (tertiary/aromatic N) is 4. The van der Waals surface area contributed by atoms with Crippen LogP contribution in [0, 0.1) is 20.8 Å². The number of hydrogen-bond acceptors (Lipinski definition) is 4. The van der Waals surface area contributed by atoms with Gasteiger partial charge in [0.15, 0.2) is 6.73 Å². The smallest absolute Gasteiger partial charge is 0.272 e. The van der Waals surface area contributed by atoms with E-state index in [1.807, 2.05) is 46.0 Å². The van der Waals surface area contributed by atoms with Crippen LogP contribution in [0.1, 0.15) is 33.0 Å². The third-order valence-electron chi connectivity index (χ3n) is 4.24. The van der Waals surface area contributed by atoms with Gasteiger partial charge in [0.2, 0.25) is 0 Å². The molecule has 27 heavy (non-hydrogen) atoms. The number of carbonyl (C=O) groups is 1. The number of amides is 1. The Morgan fingerprint density at radius 1 is 1.19 bits per heavy atom. The van der Waals surface area contributed by atoms with Crippen molar-refractivity contribution in [2.24, 2.45) is 7.05 Å². The van der Waals surface area contributed by atoms with Crippen molar-refractivity contribution in [1.29, 1.82) is 0 Å². The second-order valence-electron chi connectivity index (χ2n) is 6.47. The van der Waals surface area contributed by atoms with E-state index in [1.54, 1.807) is 21.6 Å². The van der Waals surface area contributed by atoms with Crippen LogP contribution < -0.4 is 10.1 Å². The summed E-state index contributed by atoms with van der Waals surface area (Å²) >= 11 is 6.17. The third kappa shape index (κ3) is 4.49. The highest BCUT2D eigenvalue weighted by Crippen LogP contribution is 2.25. The fourth-order valence-corrected chi connectivity index (χ4v) is 2.78. The van der Waals surface area contributed by atoms with E-state index in [-0.39, 0.29) is 12.6 Å². The lowest BCUT2D eigenvalue weighted by Crippen LogP contribution is -2.24.